The fourth-order valence-electron chi connectivity index (χ4n) is 4.20. The van der Waals surface area contributed by atoms with Gasteiger partial charge in [-0.15, -0.1) is 0 Å². The van der Waals surface area contributed by atoms with Crippen LogP contribution in [0.1, 0.15) is 21.5 Å². The number of pyridine rings is 1. The number of nitrogens with zero attached hydrogens (tertiary/aromatic N) is 2. The van der Waals surface area contributed by atoms with E-state index in [0.717, 1.165) is 6.07 Å². The number of fused-ring (bicyclic) bond motifs is 1. The standard InChI is InChI=1S/C23H17FN4O5/c24-16-6-3-13-10-28(20(31)17(13)8-16)11-23(21(32)26-22(33)27-23)15-4-1-12(2-5-15)14-7-18(29)19(30)25-9-14/h1-9,29H,10-11H2,(H,25,30)(H2,26,27,32,33)/t23-/m0/s1. The average molecular weight is 448 g/mol. The zero-order valence-electron chi connectivity index (χ0n) is 17.0. The van der Waals surface area contributed by atoms with Gasteiger partial charge in [0.05, 0.1) is 6.54 Å². The Bertz CT molecular complexity index is 1330. The molecule has 2 aliphatic rings. The van der Waals surface area contributed by atoms with Crippen LogP contribution in [0.5, 0.6) is 11.6 Å². The van der Waals surface area contributed by atoms with E-state index in [4.69, 9.17) is 0 Å². The zero-order valence-corrected chi connectivity index (χ0v) is 17.0. The quantitative estimate of drug-likeness (QED) is 0.452. The molecule has 1 fully saturated rings. The number of urea groups is 1. The van der Waals surface area contributed by atoms with Crippen molar-refractivity contribution in [3.05, 3.63) is 77.2 Å². The number of rotatable bonds is 4. The van der Waals surface area contributed by atoms with E-state index in [2.05, 4.69) is 15.6 Å². The maximum Gasteiger partial charge on any atom is 0.322 e. The molecule has 3 aromatic rings. The topological polar surface area (TPSA) is 132 Å². The van der Waals surface area contributed by atoms with Crippen LogP contribution in [0.15, 0.2) is 54.7 Å². The van der Waals surface area contributed by atoms with Gasteiger partial charge in [0.1, 0.15) is 5.82 Å². The molecule has 0 saturated carbocycles. The predicted octanol–water partition coefficient (Wildman–Crippen LogP) is 1.99. The highest BCUT2D eigenvalue weighted by Gasteiger charge is 2.50. The van der Waals surface area contributed by atoms with Gasteiger partial charge in [0.25, 0.3) is 17.7 Å². The Labute approximate surface area is 186 Å². The largest absolute Gasteiger partial charge is 0.503 e. The van der Waals surface area contributed by atoms with Crippen LogP contribution < -0.4 is 10.6 Å². The van der Waals surface area contributed by atoms with E-state index in [-0.39, 0.29) is 24.4 Å². The SMILES string of the molecule is O=C1NC(=O)[C@](CN2Cc3ccc(F)cc3C2=O)(c2ccc(-c3cnc(O)c(O)c3)cc2)N1. The number of hydrogen-bond donors (Lipinski definition) is 4. The summed E-state index contributed by atoms with van der Waals surface area (Å²) in [6, 6.07) is 11.2. The van der Waals surface area contributed by atoms with Crippen LogP contribution in [0.3, 0.4) is 0 Å². The van der Waals surface area contributed by atoms with Crippen molar-refractivity contribution in [2.45, 2.75) is 12.1 Å². The van der Waals surface area contributed by atoms with Gasteiger partial charge < -0.3 is 20.4 Å². The molecule has 9 nitrogen and oxygen atoms in total. The second-order valence-electron chi connectivity index (χ2n) is 7.92. The molecule has 5 rings (SSSR count). The lowest BCUT2D eigenvalue weighted by Gasteiger charge is -2.31. The maximum absolute atomic E-state index is 13.6. The number of hydrogen-bond acceptors (Lipinski definition) is 6. The summed E-state index contributed by atoms with van der Waals surface area (Å²) in [5.74, 6) is -2.44. The molecule has 10 heteroatoms. The van der Waals surface area contributed by atoms with E-state index >= 15 is 0 Å². The third kappa shape index (κ3) is 3.32. The normalized spacial score (nSPS) is 19.4. The highest BCUT2D eigenvalue weighted by atomic mass is 19.1. The molecular weight excluding hydrogens is 431 g/mol. The van der Waals surface area contributed by atoms with E-state index in [1.54, 1.807) is 24.3 Å². The van der Waals surface area contributed by atoms with Gasteiger partial charge in [-0.05, 0) is 34.9 Å². The van der Waals surface area contributed by atoms with E-state index < -0.39 is 35.1 Å². The summed E-state index contributed by atoms with van der Waals surface area (Å²) >= 11 is 0. The molecule has 33 heavy (non-hydrogen) atoms. The van der Waals surface area contributed by atoms with Gasteiger partial charge in [-0.1, -0.05) is 30.3 Å². The molecule has 2 aromatic carbocycles. The molecule has 0 radical (unpaired) electrons. The number of aromatic hydroxyl groups is 2. The molecule has 3 heterocycles. The zero-order chi connectivity index (χ0) is 23.3. The Hall–Kier alpha value is -4.47. The molecule has 4 amide bonds. The Balaban J connectivity index is 1.49. The van der Waals surface area contributed by atoms with Gasteiger partial charge in [0.15, 0.2) is 11.3 Å². The minimum Gasteiger partial charge on any atom is -0.503 e. The molecule has 0 aliphatic carbocycles. The Morgan fingerprint density at radius 3 is 2.45 bits per heavy atom. The highest BCUT2D eigenvalue weighted by molar-refractivity contribution is 6.08. The molecule has 4 N–H and O–H groups in total. The smallest absolute Gasteiger partial charge is 0.322 e. The first-order valence-corrected chi connectivity index (χ1v) is 9.97. The van der Waals surface area contributed by atoms with Crippen molar-refractivity contribution in [2.75, 3.05) is 6.54 Å². The Kier molecular flexibility index (Phi) is 4.52. The molecule has 1 aromatic heterocycles. The minimum absolute atomic E-state index is 0.152. The van der Waals surface area contributed by atoms with Crippen molar-refractivity contribution in [3.8, 4) is 22.8 Å². The van der Waals surface area contributed by atoms with Gasteiger partial charge in [0.2, 0.25) is 0 Å². The summed E-state index contributed by atoms with van der Waals surface area (Å²) < 4.78 is 13.6. The molecule has 0 unspecified atom stereocenters. The van der Waals surface area contributed by atoms with Crippen LogP contribution in [0.4, 0.5) is 9.18 Å². The van der Waals surface area contributed by atoms with Crippen LogP contribution >= 0.6 is 0 Å². The van der Waals surface area contributed by atoms with E-state index in [1.807, 2.05) is 0 Å². The molecule has 0 bridgehead atoms. The molecule has 166 valence electrons. The average Bonchev–Trinajstić information content (AvgIpc) is 3.25. The van der Waals surface area contributed by atoms with Crippen molar-refractivity contribution in [2.24, 2.45) is 0 Å². The molecule has 1 atom stereocenters. The lowest BCUT2D eigenvalue weighted by atomic mass is 9.88. The van der Waals surface area contributed by atoms with Gasteiger partial charge in [-0.3, -0.25) is 14.9 Å². The fraction of sp³-hybridized carbons (Fsp3) is 0.130. The third-order valence-electron chi connectivity index (χ3n) is 5.88. The lowest BCUT2D eigenvalue weighted by Crippen LogP contribution is -2.52. The van der Waals surface area contributed by atoms with Crippen LogP contribution in [-0.4, -0.2) is 44.5 Å². The first-order valence-electron chi connectivity index (χ1n) is 9.97. The first-order chi connectivity index (χ1) is 15.8. The third-order valence-corrected chi connectivity index (χ3v) is 5.88. The number of halogens is 1. The fourth-order valence-corrected chi connectivity index (χ4v) is 4.20. The van der Waals surface area contributed by atoms with Gasteiger partial charge in [-0.25, -0.2) is 14.2 Å². The number of aromatic nitrogens is 1. The number of carbonyl (C=O) groups is 3. The van der Waals surface area contributed by atoms with Crippen LogP contribution in [0, 0.1) is 5.82 Å². The molecule has 0 spiro atoms. The van der Waals surface area contributed by atoms with E-state index in [1.165, 1.54) is 29.3 Å². The molecule has 2 aliphatic heterocycles. The summed E-state index contributed by atoms with van der Waals surface area (Å²) in [6.45, 7) is 0.0243. The Morgan fingerprint density at radius 2 is 1.79 bits per heavy atom. The second kappa shape index (κ2) is 7.30. The lowest BCUT2D eigenvalue weighted by molar-refractivity contribution is -0.124. The summed E-state index contributed by atoms with van der Waals surface area (Å²) in [5.41, 5.74) is 0.919. The summed E-state index contributed by atoms with van der Waals surface area (Å²) in [5, 5.41) is 24.0. The van der Waals surface area contributed by atoms with Crippen molar-refractivity contribution < 1.29 is 29.0 Å². The second-order valence-corrected chi connectivity index (χ2v) is 7.92. The molecule has 1 saturated heterocycles. The van der Waals surface area contributed by atoms with Crippen molar-refractivity contribution in [1.29, 1.82) is 0 Å². The predicted molar refractivity (Wildman–Crippen MR) is 112 cm³/mol. The summed E-state index contributed by atoms with van der Waals surface area (Å²) in [4.78, 5) is 42.9. The monoisotopic (exact) mass is 448 g/mol. The van der Waals surface area contributed by atoms with E-state index in [0.29, 0.717) is 22.3 Å². The van der Waals surface area contributed by atoms with Crippen LogP contribution in [0.2, 0.25) is 0 Å². The van der Waals surface area contributed by atoms with Gasteiger partial charge in [-0.2, -0.15) is 0 Å². The summed E-state index contributed by atoms with van der Waals surface area (Å²) in [7, 11) is 0. The van der Waals surface area contributed by atoms with Crippen LogP contribution in [0.25, 0.3) is 11.1 Å². The highest BCUT2D eigenvalue weighted by Crippen LogP contribution is 2.33. The van der Waals surface area contributed by atoms with E-state index in [9.17, 15) is 29.0 Å². The number of nitrogens with one attached hydrogen (secondary N) is 2. The van der Waals surface area contributed by atoms with Crippen molar-refractivity contribution in [1.82, 2.24) is 20.5 Å². The van der Waals surface area contributed by atoms with Crippen LogP contribution in [-0.2, 0) is 16.9 Å². The summed E-state index contributed by atoms with van der Waals surface area (Å²) in [6.07, 6.45) is 1.38. The van der Waals surface area contributed by atoms with Gasteiger partial charge in [0, 0.05) is 23.9 Å². The van der Waals surface area contributed by atoms with Crippen molar-refractivity contribution in [3.63, 3.8) is 0 Å². The Morgan fingerprint density at radius 1 is 1.03 bits per heavy atom. The van der Waals surface area contributed by atoms with Gasteiger partial charge >= 0.3 is 6.03 Å². The first kappa shape index (κ1) is 20.4. The molecular formula is C23H17FN4O5. The van der Waals surface area contributed by atoms with Crippen molar-refractivity contribution >= 4 is 17.8 Å². The number of amides is 4. The number of benzene rings is 2. The minimum atomic E-state index is -1.54. The number of carbonyl (C=O) groups excluding carboxylic acids is 3. The maximum atomic E-state index is 13.6. The number of imide groups is 1.